The van der Waals surface area contributed by atoms with Crippen LogP contribution in [0.5, 0.6) is 5.75 Å². The van der Waals surface area contributed by atoms with Gasteiger partial charge in [0.05, 0.1) is 5.02 Å². The van der Waals surface area contributed by atoms with Crippen molar-refractivity contribution in [2.24, 2.45) is 5.73 Å². The Kier molecular flexibility index (Phi) is 2.61. The Morgan fingerprint density at radius 1 is 1.58 bits per heavy atom. The first-order valence-corrected chi connectivity index (χ1v) is 3.88. The fourth-order valence-electron chi connectivity index (χ4n) is 0.923. The highest BCUT2D eigenvalue weighted by atomic mass is 35.5. The van der Waals surface area contributed by atoms with Crippen molar-refractivity contribution < 1.29 is 5.11 Å². The molecule has 0 radical (unpaired) electrons. The first kappa shape index (κ1) is 8.94. The van der Waals surface area contributed by atoms with Gasteiger partial charge in [-0.15, -0.1) is 0 Å². The summed E-state index contributed by atoms with van der Waals surface area (Å²) in [4.78, 5) is 0. The number of halogens is 1. The first-order valence-electron chi connectivity index (χ1n) is 3.50. The number of nitrogens with two attached hydrogens (primary N) is 1. The van der Waals surface area contributed by atoms with Crippen molar-refractivity contribution in [3.63, 3.8) is 0 Å². The zero-order valence-electron chi connectivity index (χ0n) is 6.55. The molecule has 1 aromatic carbocycles. The molecule has 0 atom stereocenters. The molecule has 0 heterocycles. The van der Waals surface area contributed by atoms with E-state index in [1.165, 1.54) is 0 Å². The largest absolute Gasteiger partial charge is 0.506 e. The van der Waals surface area contributed by atoms with Crippen LogP contribution in [0.25, 0.3) is 0 Å². The molecule has 64 valence electrons. The fraction of sp³-hybridized carbons (Fsp3) is 0.111. The van der Waals surface area contributed by atoms with Gasteiger partial charge < -0.3 is 10.8 Å². The summed E-state index contributed by atoms with van der Waals surface area (Å²) in [6.07, 6.45) is 0.583. The number of phenols is 1. The zero-order chi connectivity index (χ0) is 9.14. The van der Waals surface area contributed by atoms with Gasteiger partial charge in [0.2, 0.25) is 0 Å². The first-order chi connectivity index (χ1) is 5.59. The molecule has 2 nitrogen and oxygen atoms in total. The Labute approximate surface area is 76.3 Å². The van der Waals surface area contributed by atoms with Crippen LogP contribution in [0.2, 0.25) is 5.02 Å². The van der Waals surface area contributed by atoms with E-state index in [4.69, 9.17) is 22.4 Å². The Morgan fingerprint density at radius 2 is 2.25 bits per heavy atom. The van der Waals surface area contributed by atoms with E-state index in [0.29, 0.717) is 17.1 Å². The lowest BCUT2D eigenvalue weighted by Crippen LogP contribution is -1.98. The second-order valence-electron chi connectivity index (χ2n) is 2.62. The highest BCUT2D eigenvalue weighted by Crippen LogP contribution is 2.24. The molecule has 0 fully saturated rings. The van der Waals surface area contributed by atoms with E-state index < -0.39 is 0 Å². The molecule has 1 aromatic rings. The van der Waals surface area contributed by atoms with E-state index >= 15 is 0 Å². The molecule has 1 rings (SSSR count). The predicted octanol–water partition coefficient (Wildman–Crippen LogP) is 2.06. The molecule has 0 aliphatic carbocycles. The van der Waals surface area contributed by atoms with Gasteiger partial charge in [0, 0.05) is 12.1 Å². The maximum atomic E-state index is 9.09. The molecular formula is C9H10ClNO. The average molecular weight is 184 g/mol. The molecule has 3 N–H and O–H groups in total. The lowest BCUT2D eigenvalue weighted by molar-refractivity contribution is 0.475. The molecule has 0 saturated carbocycles. The summed E-state index contributed by atoms with van der Waals surface area (Å²) in [6, 6.07) is 4.98. The SMILES string of the molecule is C=C(N)Cc1ccc(O)c(Cl)c1. The van der Waals surface area contributed by atoms with Crippen molar-refractivity contribution in [1.82, 2.24) is 0 Å². The summed E-state index contributed by atoms with van der Waals surface area (Å²) in [6.45, 7) is 3.57. The predicted molar refractivity (Wildman–Crippen MR) is 50.1 cm³/mol. The van der Waals surface area contributed by atoms with Gasteiger partial charge >= 0.3 is 0 Å². The Hall–Kier alpha value is -1.15. The molecule has 0 spiro atoms. The highest BCUT2D eigenvalue weighted by molar-refractivity contribution is 6.32. The maximum Gasteiger partial charge on any atom is 0.134 e. The third-order valence-corrected chi connectivity index (χ3v) is 1.75. The van der Waals surface area contributed by atoms with Gasteiger partial charge in [0.1, 0.15) is 5.75 Å². The smallest absolute Gasteiger partial charge is 0.134 e. The number of aromatic hydroxyl groups is 1. The summed E-state index contributed by atoms with van der Waals surface area (Å²) in [7, 11) is 0. The molecule has 12 heavy (non-hydrogen) atoms. The van der Waals surface area contributed by atoms with Crippen molar-refractivity contribution in [2.75, 3.05) is 0 Å². The summed E-state index contributed by atoms with van der Waals surface area (Å²) >= 11 is 5.68. The lowest BCUT2D eigenvalue weighted by Gasteiger charge is -2.02. The van der Waals surface area contributed by atoms with E-state index in [0.717, 1.165) is 5.56 Å². The number of allylic oxidation sites excluding steroid dienone is 1. The van der Waals surface area contributed by atoms with Crippen LogP contribution in [0.1, 0.15) is 5.56 Å². The van der Waals surface area contributed by atoms with Crippen LogP contribution in [-0.2, 0) is 6.42 Å². The lowest BCUT2D eigenvalue weighted by atomic mass is 10.1. The zero-order valence-corrected chi connectivity index (χ0v) is 7.30. The van der Waals surface area contributed by atoms with Crippen LogP contribution in [-0.4, -0.2) is 5.11 Å². The molecule has 0 unspecified atom stereocenters. The minimum atomic E-state index is 0.0862. The Balaban J connectivity index is 2.89. The molecule has 0 saturated heterocycles. The third-order valence-electron chi connectivity index (χ3n) is 1.44. The van der Waals surface area contributed by atoms with Crippen LogP contribution >= 0.6 is 11.6 Å². The number of phenolic OH excluding ortho intramolecular Hbond substituents is 1. The summed E-state index contributed by atoms with van der Waals surface area (Å²) in [5.41, 5.74) is 6.94. The topological polar surface area (TPSA) is 46.2 Å². The van der Waals surface area contributed by atoms with Gasteiger partial charge in [0.15, 0.2) is 0 Å². The molecule has 0 aliphatic rings. The Bertz CT molecular complexity index is 309. The molecule has 0 amide bonds. The average Bonchev–Trinajstić information content (AvgIpc) is 1.96. The molecule has 0 aliphatic heterocycles. The van der Waals surface area contributed by atoms with E-state index in [-0.39, 0.29) is 5.75 Å². The van der Waals surface area contributed by atoms with Crippen LogP contribution in [0, 0.1) is 0 Å². The number of hydrogen-bond donors (Lipinski definition) is 2. The van der Waals surface area contributed by atoms with Crippen molar-refractivity contribution in [2.45, 2.75) is 6.42 Å². The number of hydrogen-bond acceptors (Lipinski definition) is 2. The quantitative estimate of drug-likeness (QED) is 0.738. The maximum absolute atomic E-state index is 9.09. The second-order valence-corrected chi connectivity index (χ2v) is 3.03. The summed E-state index contributed by atoms with van der Waals surface area (Å²) in [5, 5.41) is 9.43. The van der Waals surface area contributed by atoms with Gasteiger partial charge in [0.25, 0.3) is 0 Å². The van der Waals surface area contributed by atoms with E-state index in [9.17, 15) is 0 Å². The standard InChI is InChI=1S/C9H10ClNO/c1-6(11)4-7-2-3-9(12)8(10)5-7/h2-3,5,12H,1,4,11H2. The minimum absolute atomic E-state index is 0.0862. The van der Waals surface area contributed by atoms with Crippen LogP contribution in [0.3, 0.4) is 0 Å². The third kappa shape index (κ3) is 2.17. The van der Waals surface area contributed by atoms with Gasteiger partial charge in [-0.3, -0.25) is 0 Å². The second kappa shape index (κ2) is 3.50. The molecule has 3 heteroatoms. The Morgan fingerprint density at radius 3 is 2.75 bits per heavy atom. The van der Waals surface area contributed by atoms with Gasteiger partial charge in [-0.1, -0.05) is 24.2 Å². The number of rotatable bonds is 2. The van der Waals surface area contributed by atoms with E-state index in [1.54, 1.807) is 18.2 Å². The van der Waals surface area contributed by atoms with Crippen molar-refractivity contribution in [3.8, 4) is 5.75 Å². The van der Waals surface area contributed by atoms with Crippen LogP contribution < -0.4 is 5.73 Å². The number of benzene rings is 1. The monoisotopic (exact) mass is 183 g/mol. The minimum Gasteiger partial charge on any atom is -0.506 e. The molecular weight excluding hydrogens is 174 g/mol. The van der Waals surface area contributed by atoms with E-state index in [2.05, 4.69) is 6.58 Å². The van der Waals surface area contributed by atoms with Crippen LogP contribution in [0.4, 0.5) is 0 Å². The van der Waals surface area contributed by atoms with E-state index in [1.807, 2.05) is 0 Å². The normalized spacial score (nSPS) is 9.75. The van der Waals surface area contributed by atoms with Gasteiger partial charge in [-0.05, 0) is 17.7 Å². The van der Waals surface area contributed by atoms with Gasteiger partial charge in [-0.2, -0.15) is 0 Å². The highest BCUT2D eigenvalue weighted by Gasteiger charge is 1.99. The fourth-order valence-corrected chi connectivity index (χ4v) is 1.13. The summed E-state index contributed by atoms with van der Waals surface area (Å²) in [5.74, 6) is 0.0862. The molecule has 0 bridgehead atoms. The van der Waals surface area contributed by atoms with Crippen molar-refractivity contribution in [3.05, 3.63) is 41.1 Å². The molecule has 0 aromatic heterocycles. The van der Waals surface area contributed by atoms with Gasteiger partial charge in [-0.25, -0.2) is 0 Å². The van der Waals surface area contributed by atoms with Crippen molar-refractivity contribution in [1.29, 1.82) is 0 Å². The van der Waals surface area contributed by atoms with Crippen molar-refractivity contribution >= 4 is 11.6 Å². The summed E-state index contributed by atoms with van der Waals surface area (Å²) < 4.78 is 0. The van der Waals surface area contributed by atoms with Crippen LogP contribution in [0.15, 0.2) is 30.5 Å².